The van der Waals surface area contributed by atoms with Crippen LogP contribution in [-0.2, 0) is 6.42 Å². The molecule has 0 spiro atoms. The molecule has 0 heterocycles. The first-order chi connectivity index (χ1) is 5.38. The Morgan fingerprint density at radius 2 is 2.00 bits per heavy atom. The molecule has 0 aliphatic heterocycles. The van der Waals surface area contributed by atoms with E-state index in [1.807, 2.05) is 18.2 Å². The van der Waals surface area contributed by atoms with E-state index in [0.29, 0.717) is 12.1 Å². The van der Waals surface area contributed by atoms with Crippen molar-refractivity contribution in [3.63, 3.8) is 0 Å². The Morgan fingerprint density at radius 3 is 2.64 bits per heavy atom. The highest BCUT2D eigenvalue weighted by atomic mass is 16.5. The lowest BCUT2D eigenvalue weighted by atomic mass is 10.1. The SMILES string of the molecule is OCCc1ccccc1NO. The van der Waals surface area contributed by atoms with Crippen molar-refractivity contribution >= 4 is 5.69 Å². The molecular formula is C8H11NO2. The molecule has 3 heteroatoms. The molecule has 0 unspecified atom stereocenters. The van der Waals surface area contributed by atoms with Gasteiger partial charge in [-0.05, 0) is 18.1 Å². The van der Waals surface area contributed by atoms with Crippen molar-refractivity contribution < 1.29 is 10.3 Å². The van der Waals surface area contributed by atoms with E-state index in [1.165, 1.54) is 0 Å². The number of rotatable bonds is 3. The summed E-state index contributed by atoms with van der Waals surface area (Å²) in [5.74, 6) is 0. The van der Waals surface area contributed by atoms with E-state index in [-0.39, 0.29) is 6.61 Å². The maximum absolute atomic E-state index is 8.63. The molecule has 0 radical (unpaired) electrons. The van der Waals surface area contributed by atoms with Crippen LogP contribution in [0.5, 0.6) is 0 Å². The average Bonchev–Trinajstić information content (AvgIpc) is 2.06. The third-order valence-corrected chi connectivity index (χ3v) is 1.52. The Hall–Kier alpha value is -1.06. The van der Waals surface area contributed by atoms with Crippen LogP contribution in [0.2, 0.25) is 0 Å². The number of nitrogens with one attached hydrogen (secondary N) is 1. The topological polar surface area (TPSA) is 52.5 Å². The predicted molar refractivity (Wildman–Crippen MR) is 42.6 cm³/mol. The minimum Gasteiger partial charge on any atom is -0.396 e. The quantitative estimate of drug-likeness (QED) is 0.568. The van der Waals surface area contributed by atoms with Gasteiger partial charge in [0, 0.05) is 6.61 Å². The van der Waals surface area contributed by atoms with Gasteiger partial charge in [0.1, 0.15) is 0 Å². The zero-order chi connectivity index (χ0) is 8.10. The number of benzene rings is 1. The van der Waals surface area contributed by atoms with Crippen LogP contribution in [-0.4, -0.2) is 16.9 Å². The minimum atomic E-state index is 0.0959. The molecule has 1 aromatic carbocycles. The minimum absolute atomic E-state index is 0.0959. The Kier molecular flexibility index (Phi) is 2.89. The molecule has 0 bridgehead atoms. The van der Waals surface area contributed by atoms with Gasteiger partial charge in [-0.1, -0.05) is 18.2 Å². The van der Waals surface area contributed by atoms with E-state index >= 15 is 0 Å². The fourth-order valence-electron chi connectivity index (χ4n) is 0.968. The van der Waals surface area contributed by atoms with E-state index < -0.39 is 0 Å². The number of aliphatic hydroxyl groups excluding tert-OH is 1. The lowest BCUT2D eigenvalue weighted by molar-refractivity contribution is 0.299. The molecule has 60 valence electrons. The highest BCUT2D eigenvalue weighted by molar-refractivity contribution is 5.49. The summed E-state index contributed by atoms with van der Waals surface area (Å²) < 4.78 is 0. The van der Waals surface area contributed by atoms with Gasteiger partial charge >= 0.3 is 0 Å². The standard InChI is InChI=1S/C8H11NO2/c10-6-5-7-3-1-2-4-8(7)9-11/h1-4,9-11H,5-6H2. The van der Waals surface area contributed by atoms with Crippen molar-refractivity contribution in [3.8, 4) is 0 Å². The first-order valence-electron chi connectivity index (χ1n) is 3.47. The van der Waals surface area contributed by atoms with Crippen molar-refractivity contribution in [1.82, 2.24) is 0 Å². The molecule has 0 saturated carbocycles. The van der Waals surface area contributed by atoms with Gasteiger partial charge in [-0.25, -0.2) is 0 Å². The summed E-state index contributed by atoms with van der Waals surface area (Å²) in [4.78, 5) is 0. The van der Waals surface area contributed by atoms with Crippen molar-refractivity contribution in [2.24, 2.45) is 0 Å². The third kappa shape index (κ3) is 1.93. The third-order valence-electron chi connectivity index (χ3n) is 1.52. The monoisotopic (exact) mass is 153 g/mol. The molecule has 0 aliphatic rings. The van der Waals surface area contributed by atoms with Gasteiger partial charge in [0.05, 0.1) is 5.69 Å². The number of hydrogen-bond acceptors (Lipinski definition) is 3. The van der Waals surface area contributed by atoms with Crippen LogP contribution < -0.4 is 5.48 Å². The van der Waals surface area contributed by atoms with Crippen LogP contribution >= 0.6 is 0 Å². The molecule has 0 aromatic heterocycles. The van der Waals surface area contributed by atoms with Gasteiger partial charge in [0.25, 0.3) is 0 Å². The van der Waals surface area contributed by atoms with Gasteiger partial charge in [-0.15, -0.1) is 0 Å². The van der Waals surface area contributed by atoms with Crippen molar-refractivity contribution in [2.45, 2.75) is 6.42 Å². The average molecular weight is 153 g/mol. The van der Waals surface area contributed by atoms with E-state index in [4.69, 9.17) is 10.3 Å². The second-order valence-corrected chi connectivity index (χ2v) is 2.24. The molecule has 1 aromatic rings. The summed E-state index contributed by atoms with van der Waals surface area (Å²) in [6, 6.07) is 7.30. The van der Waals surface area contributed by atoms with Crippen LogP contribution in [0.15, 0.2) is 24.3 Å². The molecule has 11 heavy (non-hydrogen) atoms. The largest absolute Gasteiger partial charge is 0.396 e. The van der Waals surface area contributed by atoms with E-state index in [0.717, 1.165) is 5.56 Å². The molecular weight excluding hydrogens is 142 g/mol. The van der Waals surface area contributed by atoms with Gasteiger partial charge in [0.2, 0.25) is 0 Å². The van der Waals surface area contributed by atoms with Gasteiger partial charge in [-0.3, -0.25) is 10.7 Å². The van der Waals surface area contributed by atoms with Crippen molar-refractivity contribution in [1.29, 1.82) is 0 Å². The lowest BCUT2D eigenvalue weighted by Gasteiger charge is -2.04. The van der Waals surface area contributed by atoms with Crippen LogP contribution in [0.3, 0.4) is 0 Å². The Morgan fingerprint density at radius 1 is 1.27 bits per heavy atom. The fraction of sp³-hybridized carbons (Fsp3) is 0.250. The van der Waals surface area contributed by atoms with Crippen LogP contribution in [0.1, 0.15) is 5.56 Å². The lowest BCUT2D eigenvalue weighted by Crippen LogP contribution is -1.97. The van der Waals surface area contributed by atoms with Crippen LogP contribution in [0, 0.1) is 0 Å². The zero-order valence-electron chi connectivity index (χ0n) is 6.12. The Labute approximate surface area is 65.3 Å². The summed E-state index contributed by atoms with van der Waals surface area (Å²) in [7, 11) is 0. The second-order valence-electron chi connectivity index (χ2n) is 2.24. The molecule has 0 atom stereocenters. The number of anilines is 1. The smallest absolute Gasteiger partial charge is 0.0634 e. The maximum Gasteiger partial charge on any atom is 0.0634 e. The molecule has 0 saturated heterocycles. The molecule has 0 aliphatic carbocycles. The molecule has 0 fully saturated rings. The summed E-state index contributed by atoms with van der Waals surface area (Å²) in [5, 5.41) is 17.2. The number of para-hydroxylation sites is 1. The van der Waals surface area contributed by atoms with E-state index in [2.05, 4.69) is 5.48 Å². The van der Waals surface area contributed by atoms with Gasteiger partial charge in [0.15, 0.2) is 0 Å². The summed E-state index contributed by atoms with van der Waals surface area (Å²) in [6.45, 7) is 0.0959. The summed E-state index contributed by atoms with van der Waals surface area (Å²) in [5.41, 5.74) is 3.64. The second kappa shape index (κ2) is 3.95. The fourth-order valence-corrected chi connectivity index (χ4v) is 0.968. The van der Waals surface area contributed by atoms with Crippen molar-refractivity contribution in [2.75, 3.05) is 12.1 Å². The first kappa shape index (κ1) is 8.04. The van der Waals surface area contributed by atoms with Gasteiger partial charge < -0.3 is 5.11 Å². The van der Waals surface area contributed by atoms with Crippen LogP contribution in [0.25, 0.3) is 0 Å². The van der Waals surface area contributed by atoms with Crippen molar-refractivity contribution in [3.05, 3.63) is 29.8 Å². The molecule has 0 amide bonds. The number of hydrogen-bond donors (Lipinski definition) is 3. The Bertz CT molecular complexity index is 225. The summed E-state index contributed by atoms with van der Waals surface area (Å²) >= 11 is 0. The highest BCUT2D eigenvalue weighted by Gasteiger charge is 1.97. The maximum atomic E-state index is 8.63. The van der Waals surface area contributed by atoms with E-state index in [9.17, 15) is 0 Å². The molecule has 3 N–H and O–H groups in total. The predicted octanol–water partition coefficient (Wildman–Crippen LogP) is 1.02. The van der Waals surface area contributed by atoms with Crippen LogP contribution in [0.4, 0.5) is 5.69 Å². The van der Waals surface area contributed by atoms with E-state index in [1.54, 1.807) is 6.07 Å². The van der Waals surface area contributed by atoms with Gasteiger partial charge in [-0.2, -0.15) is 0 Å². The molecule has 3 nitrogen and oxygen atoms in total. The normalized spacial score (nSPS) is 9.64. The number of aliphatic hydroxyl groups is 1. The highest BCUT2D eigenvalue weighted by Crippen LogP contribution is 2.13. The first-order valence-corrected chi connectivity index (χ1v) is 3.47. The summed E-state index contributed by atoms with van der Waals surface area (Å²) in [6.07, 6.45) is 0.559. The zero-order valence-corrected chi connectivity index (χ0v) is 6.12. The Balaban J connectivity index is 2.83. The molecule has 1 rings (SSSR count).